The number of aliphatic hydroxyl groups is 1. The maximum absolute atomic E-state index is 13.1. The lowest BCUT2D eigenvalue weighted by molar-refractivity contribution is -0.161. The van der Waals surface area contributed by atoms with Crippen molar-refractivity contribution in [2.24, 2.45) is 11.8 Å². The molecule has 0 aromatic heterocycles. The van der Waals surface area contributed by atoms with Gasteiger partial charge in [0, 0.05) is 25.7 Å². The van der Waals surface area contributed by atoms with Gasteiger partial charge in [-0.3, -0.25) is 37.3 Å². The Balaban J connectivity index is 5.26. The minimum absolute atomic E-state index is 0.107. The Morgan fingerprint density at radius 3 is 0.673 bits per heavy atom. The van der Waals surface area contributed by atoms with Gasteiger partial charge in [-0.2, -0.15) is 0 Å². The molecule has 0 rings (SSSR count). The molecule has 0 amide bonds. The Kier molecular flexibility index (Phi) is 72.2. The molecule has 2 unspecified atom stereocenters. The smallest absolute Gasteiger partial charge is 0.462 e. The predicted octanol–water partition coefficient (Wildman–Crippen LogP) is 24.7. The van der Waals surface area contributed by atoms with E-state index in [9.17, 15) is 43.2 Å². The highest BCUT2D eigenvalue weighted by molar-refractivity contribution is 7.47. The molecule has 0 aliphatic rings. The van der Waals surface area contributed by atoms with Crippen LogP contribution in [0, 0.1) is 11.8 Å². The standard InChI is InChI=1S/C82H160O17P2/c1-7-9-11-13-15-17-19-21-22-23-24-25-26-28-36-42-48-54-60-66-81(86)98-77(70-93-80(85)65-59-53-47-41-35-30-29-32-38-44-50-56-62-74(3)4)72-96-100(88,89)94-68-76(83)69-95-101(90,91)97-73-78(71-92-79(84)64-58-52-46-40-34-27-20-18-16-14-12-10-8-2)99-82(87)67-61-55-49-43-37-31-33-39-45-51-57-63-75(5)6/h74-78,83H,7-73H2,1-6H3,(H,88,89)(H,90,91)/t76-,77-,78-/m1/s1. The highest BCUT2D eigenvalue weighted by atomic mass is 31.2. The summed E-state index contributed by atoms with van der Waals surface area (Å²) in [6.45, 7) is 9.66. The van der Waals surface area contributed by atoms with Crippen LogP contribution < -0.4 is 0 Å². The van der Waals surface area contributed by atoms with Gasteiger partial charge in [-0.1, -0.05) is 382 Å². The molecule has 0 radical (unpaired) electrons. The van der Waals surface area contributed by atoms with Crippen LogP contribution in [0.1, 0.15) is 433 Å². The van der Waals surface area contributed by atoms with Crippen LogP contribution in [0.4, 0.5) is 0 Å². The second-order valence-corrected chi connectivity index (χ2v) is 33.4. The van der Waals surface area contributed by atoms with Crippen molar-refractivity contribution in [2.75, 3.05) is 39.6 Å². The Morgan fingerprint density at radius 1 is 0.267 bits per heavy atom. The van der Waals surface area contributed by atoms with Gasteiger partial charge >= 0.3 is 39.5 Å². The van der Waals surface area contributed by atoms with E-state index in [-0.39, 0.29) is 25.7 Å². The fraction of sp³-hybridized carbons (Fsp3) is 0.951. The molecule has 0 saturated heterocycles. The topological polar surface area (TPSA) is 237 Å². The average Bonchev–Trinajstić information content (AvgIpc) is 0.926. The third-order valence-corrected chi connectivity index (χ3v) is 21.1. The van der Waals surface area contributed by atoms with E-state index in [0.29, 0.717) is 25.7 Å². The number of ether oxygens (including phenoxy) is 4. The number of phosphoric ester groups is 2. The fourth-order valence-electron chi connectivity index (χ4n) is 12.7. The van der Waals surface area contributed by atoms with Crippen LogP contribution in [0.3, 0.4) is 0 Å². The highest BCUT2D eigenvalue weighted by Crippen LogP contribution is 2.45. The van der Waals surface area contributed by atoms with Gasteiger partial charge in [0.1, 0.15) is 19.3 Å². The summed E-state index contributed by atoms with van der Waals surface area (Å²) in [6.07, 6.45) is 63.7. The maximum atomic E-state index is 13.1. The van der Waals surface area contributed by atoms with Crippen molar-refractivity contribution >= 4 is 39.5 Å². The molecule has 0 aromatic carbocycles. The average molecular weight is 1480 g/mol. The first-order valence-electron chi connectivity index (χ1n) is 42.5. The Labute approximate surface area is 619 Å². The van der Waals surface area contributed by atoms with Crippen LogP contribution in [0.2, 0.25) is 0 Å². The Hall–Kier alpha value is -1.94. The molecular weight excluding hydrogens is 1320 g/mol. The van der Waals surface area contributed by atoms with Crippen LogP contribution >= 0.6 is 15.6 Å². The first-order valence-corrected chi connectivity index (χ1v) is 45.5. The number of aliphatic hydroxyl groups excluding tert-OH is 1. The zero-order valence-electron chi connectivity index (χ0n) is 66.2. The van der Waals surface area contributed by atoms with Gasteiger partial charge in [-0.05, 0) is 37.5 Å². The summed E-state index contributed by atoms with van der Waals surface area (Å²) in [6, 6.07) is 0. The van der Waals surface area contributed by atoms with Crippen molar-refractivity contribution in [3.05, 3.63) is 0 Å². The molecule has 600 valence electrons. The number of rotatable bonds is 81. The van der Waals surface area contributed by atoms with Crippen molar-refractivity contribution < 1.29 is 80.2 Å². The molecule has 0 bridgehead atoms. The van der Waals surface area contributed by atoms with Crippen LogP contribution in [0.15, 0.2) is 0 Å². The van der Waals surface area contributed by atoms with Gasteiger partial charge in [-0.25, -0.2) is 9.13 Å². The van der Waals surface area contributed by atoms with Crippen molar-refractivity contribution in [1.82, 2.24) is 0 Å². The molecule has 0 heterocycles. The van der Waals surface area contributed by atoms with E-state index in [1.54, 1.807) is 0 Å². The summed E-state index contributed by atoms with van der Waals surface area (Å²) in [5, 5.41) is 10.7. The summed E-state index contributed by atoms with van der Waals surface area (Å²) in [7, 11) is -9.92. The fourth-order valence-corrected chi connectivity index (χ4v) is 14.3. The maximum Gasteiger partial charge on any atom is 0.472 e. The summed E-state index contributed by atoms with van der Waals surface area (Å²) in [4.78, 5) is 73.1. The van der Waals surface area contributed by atoms with E-state index in [1.165, 1.54) is 250 Å². The Bertz CT molecular complexity index is 1940. The van der Waals surface area contributed by atoms with Gasteiger partial charge in [0.15, 0.2) is 12.2 Å². The monoisotopic (exact) mass is 1480 g/mol. The van der Waals surface area contributed by atoms with Crippen molar-refractivity contribution in [3.63, 3.8) is 0 Å². The number of unbranched alkanes of at least 4 members (excludes halogenated alkanes) is 51. The second-order valence-electron chi connectivity index (χ2n) is 30.5. The number of carbonyl (C=O) groups excluding carboxylic acids is 4. The summed E-state index contributed by atoms with van der Waals surface area (Å²) < 4.78 is 68.8. The van der Waals surface area contributed by atoms with Gasteiger partial charge in [0.2, 0.25) is 0 Å². The van der Waals surface area contributed by atoms with E-state index < -0.39 is 97.5 Å². The molecule has 0 aliphatic carbocycles. The largest absolute Gasteiger partial charge is 0.472 e. The molecule has 0 spiro atoms. The zero-order valence-corrected chi connectivity index (χ0v) is 68.0. The number of carbonyl (C=O) groups is 4. The van der Waals surface area contributed by atoms with Crippen LogP contribution in [0.5, 0.6) is 0 Å². The number of hydrogen-bond donors (Lipinski definition) is 3. The molecule has 5 atom stereocenters. The number of phosphoric acid groups is 2. The number of hydrogen-bond acceptors (Lipinski definition) is 15. The third-order valence-electron chi connectivity index (χ3n) is 19.2. The minimum Gasteiger partial charge on any atom is -0.462 e. The highest BCUT2D eigenvalue weighted by Gasteiger charge is 2.30. The molecule has 0 fully saturated rings. The van der Waals surface area contributed by atoms with Crippen molar-refractivity contribution in [3.8, 4) is 0 Å². The molecule has 0 aromatic rings. The lowest BCUT2D eigenvalue weighted by Crippen LogP contribution is -2.30. The van der Waals surface area contributed by atoms with Crippen LogP contribution in [-0.4, -0.2) is 96.7 Å². The van der Waals surface area contributed by atoms with E-state index in [1.807, 2.05) is 0 Å². The first-order chi connectivity index (χ1) is 48.9. The molecule has 3 N–H and O–H groups in total. The van der Waals surface area contributed by atoms with E-state index in [0.717, 1.165) is 102 Å². The molecule has 0 aliphatic heterocycles. The molecular formula is C82H160O17P2. The SMILES string of the molecule is CCCCCCCCCCCCCCCCCCCCCC(=O)O[C@H](COC(=O)CCCCCCCCCCCCCCC(C)C)COP(=O)(O)OC[C@@H](O)COP(=O)(O)OC[C@@H](COC(=O)CCCCCCCCCCCCCCC)OC(=O)CCCCCCCCCCCCCC(C)C. The molecule has 101 heavy (non-hydrogen) atoms. The van der Waals surface area contributed by atoms with E-state index >= 15 is 0 Å². The van der Waals surface area contributed by atoms with Gasteiger partial charge < -0.3 is 33.8 Å². The summed E-state index contributed by atoms with van der Waals surface area (Å²) in [5.74, 6) is -0.558. The van der Waals surface area contributed by atoms with Crippen LogP contribution in [-0.2, 0) is 65.4 Å². The summed E-state index contributed by atoms with van der Waals surface area (Å²) >= 11 is 0. The lowest BCUT2D eigenvalue weighted by atomic mass is 10.0. The second kappa shape index (κ2) is 73.6. The van der Waals surface area contributed by atoms with Crippen molar-refractivity contribution in [1.29, 1.82) is 0 Å². The molecule has 0 saturated carbocycles. The van der Waals surface area contributed by atoms with Gasteiger partial charge in [0.05, 0.1) is 26.4 Å². The third kappa shape index (κ3) is 76.1. The lowest BCUT2D eigenvalue weighted by Gasteiger charge is -2.21. The predicted molar refractivity (Wildman–Crippen MR) is 414 cm³/mol. The normalized spacial score (nSPS) is 13.9. The van der Waals surface area contributed by atoms with E-state index in [4.69, 9.17) is 37.0 Å². The van der Waals surface area contributed by atoms with E-state index in [2.05, 4.69) is 41.5 Å². The van der Waals surface area contributed by atoms with Crippen LogP contribution in [0.25, 0.3) is 0 Å². The minimum atomic E-state index is -4.96. The first kappa shape index (κ1) is 99.1. The number of esters is 4. The summed E-state index contributed by atoms with van der Waals surface area (Å²) in [5.41, 5.74) is 0. The van der Waals surface area contributed by atoms with Gasteiger partial charge in [0.25, 0.3) is 0 Å². The zero-order chi connectivity index (χ0) is 74.2. The molecule has 19 heteroatoms. The quantitative estimate of drug-likeness (QED) is 0.0222. The molecule has 17 nitrogen and oxygen atoms in total. The Morgan fingerprint density at radius 2 is 0.455 bits per heavy atom. The van der Waals surface area contributed by atoms with Crippen molar-refractivity contribution in [2.45, 2.75) is 452 Å². The van der Waals surface area contributed by atoms with Gasteiger partial charge in [-0.15, -0.1) is 0 Å².